The highest BCUT2D eigenvalue weighted by atomic mass is 14.0. The van der Waals surface area contributed by atoms with Crippen molar-refractivity contribution in [2.24, 2.45) is 0 Å². The van der Waals surface area contributed by atoms with Crippen LogP contribution in [0.2, 0.25) is 0 Å². The Bertz CT molecular complexity index is 25.7. The first-order valence-corrected chi connectivity index (χ1v) is 5.41. The molecule has 0 unspecified atom stereocenters. The number of unbranched alkanes of at least 4 members (excludes halogenated alkanes) is 1. The highest BCUT2D eigenvalue weighted by molar-refractivity contribution is 4.51. The molecule has 1 fully saturated rings. The summed E-state index contributed by atoms with van der Waals surface area (Å²) >= 11 is 0. The van der Waals surface area contributed by atoms with Gasteiger partial charge in [-0.1, -0.05) is 72.6 Å². The Labute approximate surface area is 73.4 Å². The molecule has 0 spiro atoms. The predicted octanol–water partition coefficient (Wildman–Crippen LogP) is 4.78. The van der Waals surface area contributed by atoms with Crippen LogP contribution in [0.15, 0.2) is 0 Å². The van der Waals surface area contributed by atoms with E-state index in [9.17, 15) is 0 Å². The molecule has 0 amide bonds. The molecule has 11 heavy (non-hydrogen) atoms. The van der Waals surface area contributed by atoms with Gasteiger partial charge in [-0.25, -0.2) is 0 Å². The van der Waals surface area contributed by atoms with E-state index < -0.39 is 0 Å². The first-order chi connectivity index (χ1) is 5.41. The molecule has 0 saturated heterocycles. The van der Waals surface area contributed by atoms with Crippen LogP contribution in [-0.2, 0) is 0 Å². The maximum Gasteiger partial charge on any atom is -0.0533 e. The van der Waals surface area contributed by atoms with Crippen LogP contribution in [0.25, 0.3) is 0 Å². The lowest BCUT2D eigenvalue weighted by atomic mass is 10.4. The molecule has 0 N–H and O–H groups in total. The third-order valence-electron chi connectivity index (χ3n) is 1.75. The lowest BCUT2D eigenvalue weighted by Gasteiger charge is -1.68. The van der Waals surface area contributed by atoms with E-state index in [0.717, 1.165) is 0 Å². The van der Waals surface area contributed by atoms with Gasteiger partial charge in [0.2, 0.25) is 0 Å². The Kier molecular flexibility index (Phi) is 20.4. The fourth-order valence-corrected chi connectivity index (χ4v) is 0.884. The van der Waals surface area contributed by atoms with Crippen LogP contribution in [0.1, 0.15) is 72.6 Å². The molecule has 0 atom stereocenters. The van der Waals surface area contributed by atoms with Gasteiger partial charge < -0.3 is 0 Å². The molecule has 1 rings (SSSR count). The second-order valence-electron chi connectivity index (χ2n) is 2.77. The van der Waals surface area contributed by atoms with Gasteiger partial charge in [0, 0.05) is 0 Å². The van der Waals surface area contributed by atoms with Crippen molar-refractivity contribution in [2.75, 3.05) is 0 Å². The second-order valence-corrected chi connectivity index (χ2v) is 2.77. The quantitative estimate of drug-likeness (QED) is 0.515. The van der Waals surface area contributed by atoms with E-state index in [1.54, 1.807) is 0 Å². The summed E-state index contributed by atoms with van der Waals surface area (Å²) in [4.78, 5) is 0. The van der Waals surface area contributed by atoms with Gasteiger partial charge in [-0.15, -0.1) is 0 Å². The largest absolute Gasteiger partial charge is 0.0683 e. The molecular formula is C11H26. The summed E-state index contributed by atoms with van der Waals surface area (Å²) in [6.45, 7) is 8.36. The molecule has 0 aromatic carbocycles. The van der Waals surface area contributed by atoms with Crippen molar-refractivity contribution in [1.82, 2.24) is 0 Å². The minimum Gasteiger partial charge on any atom is -0.0683 e. The van der Waals surface area contributed by atoms with Crippen LogP contribution in [0.5, 0.6) is 0 Å². The summed E-state index contributed by atoms with van der Waals surface area (Å²) in [7, 11) is 0. The van der Waals surface area contributed by atoms with Crippen LogP contribution in [0.4, 0.5) is 0 Å². The zero-order valence-electron chi connectivity index (χ0n) is 8.95. The van der Waals surface area contributed by atoms with Crippen LogP contribution < -0.4 is 0 Å². The maximum atomic E-state index is 2.18. The monoisotopic (exact) mass is 158 g/mol. The minimum atomic E-state index is 1.32. The lowest BCUT2D eigenvalue weighted by Crippen LogP contribution is -1.47. The van der Waals surface area contributed by atoms with E-state index in [1.165, 1.54) is 44.9 Å². The van der Waals surface area contributed by atoms with Gasteiger partial charge in [-0.05, 0) is 0 Å². The van der Waals surface area contributed by atoms with E-state index in [4.69, 9.17) is 0 Å². The molecule has 70 valence electrons. The smallest absolute Gasteiger partial charge is 0.0533 e. The van der Waals surface area contributed by atoms with Gasteiger partial charge >= 0.3 is 0 Å². The molecule has 1 aliphatic rings. The van der Waals surface area contributed by atoms with Crippen LogP contribution in [0.3, 0.4) is 0 Å². The van der Waals surface area contributed by atoms with Crippen LogP contribution >= 0.6 is 0 Å². The van der Waals surface area contributed by atoms with Crippen molar-refractivity contribution in [3.8, 4) is 0 Å². The third kappa shape index (κ3) is 17.8. The molecule has 0 heterocycles. The molecular weight excluding hydrogens is 132 g/mol. The molecule has 0 aromatic heterocycles. The number of rotatable bonds is 1. The number of hydrogen-bond acceptors (Lipinski definition) is 0. The van der Waals surface area contributed by atoms with Gasteiger partial charge in [0.05, 0.1) is 0 Å². The summed E-state index contributed by atoms with van der Waals surface area (Å²) in [6, 6.07) is 0. The maximum absolute atomic E-state index is 2.18. The first kappa shape index (κ1) is 13.6. The van der Waals surface area contributed by atoms with Crippen molar-refractivity contribution >= 4 is 0 Å². The molecule has 0 aliphatic heterocycles. The molecule has 0 heteroatoms. The molecule has 0 bridgehead atoms. The van der Waals surface area contributed by atoms with Gasteiger partial charge in [0.25, 0.3) is 0 Å². The van der Waals surface area contributed by atoms with E-state index in [-0.39, 0.29) is 0 Å². The van der Waals surface area contributed by atoms with Gasteiger partial charge in [-0.3, -0.25) is 0 Å². The van der Waals surface area contributed by atoms with Crippen molar-refractivity contribution in [2.45, 2.75) is 72.6 Å². The normalized spacial score (nSPS) is 14.2. The molecule has 0 nitrogen and oxygen atoms in total. The summed E-state index contributed by atoms with van der Waals surface area (Å²) in [5.74, 6) is 0. The average molecular weight is 158 g/mol. The molecule has 0 aromatic rings. The second kappa shape index (κ2) is 16.5. The minimum absolute atomic E-state index is 1.32. The highest BCUT2D eigenvalue weighted by Crippen LogP contribution is 2.15. The molecule has 1 saturated carbocycles. The topological polar surface area (TPSA) is 0 Å². The third-order valence-corrected chi connectivity index (χ3v) is 1.75. The Balaban J connectivity index is 0. The molecule has 1 aliphatic carbocycles. The van der Waals surface area contributed by atoms with Crippen molar-refractivity contribution in [3.05, 3.63) is 0 Å². The average Bonchev–Trinajstić information content (AvgIpc) is 2.65. The Hall–Kier alpha value is 0. The van der Waals surface area contributed by atoms with Gasteiger partial charge in [0.1, 0.15) is 0 Å². The van der Waals surface area contributed by atoms with Gasteiger partial charge in [0.15, 0.2) is 0 Å². The summed E-state index contributed by atoms with van der Waals surface area (Å²) < 4.78 is 0. The highest BCUT2D eigenvalue weighted by Gasteiger charge is 1.95. The van der Waals surface area contributed by atoms with E-state index in [2.05, 4.69) is 13.8 Å². The van der Waals surface area contributed by atoms with Crippen LogP contribution in [-0.4, -0.2) is 0 Å². The Morgan fingerprint density at radius 3 is 0.909 bits per heavy atom. The standard InChI is InChI=1S/C5H10.C4H10.C2H6/c1-2-4-5-3-1;1-3-4-2;1-2/h1-5H2;3-4H2,1-2H3;1-2H3. The fourth-order valence-electron chi connectivity index (χ4n) is 0.884. The van der Waals surface area contributed by atoms with Crippen LogP contribution in [0, 0.1) is 0 Å². The van der Waals surface area contributed by atoms with E-state index >= 15 is 0 Å². The molecule has 0 radical (unpaired) electrons. The zero-order valence-corrected chi connectivity index (χ0v) is 8.95. The van der Waals surface area contributed by atoms with Crippen molar-refractivity contribution in [1.29, 1.82) is 0 Å². The SMILES string of the molecule is C1CCCC1.CC.CCCC. The number of hydrogen-bond donors (Lipinski definition) is 0. The summed E-state index contributed by atoms with van der Waals surface area (Å²) in [5.41, 5.74) is 0. The first-order valence-electron chi connectivity index (χ1n) is 5.41. The van der Waals surface area contributed by atoms with E-state index in [0.29, 0.717) is 0 Å². The Morgan fingerprint density at radius 1 is 0.636 bits per heavy atom. The predicted molar refractivity (Wildman–Crippen MR) is 55.0 cm³/mol. The summed E-state index contributed by atoms with van der Waals surface area (Å²) in [5, 5.41) is 0. The lowest BCUT2D eigenvalue weighted by molar-refractivity contribution is 0.886. The Morgan fingerprint density at radius 2 is 0.818 bits per heavy atom. The fraction of sp³-hybridized carbons (Fsp3) is 1.00. The summed E-state index contributed by atoms with van der Waals surface area (Å²) in [6.07, 6.45) is 10.1. The van der Waals surface area contributed by atoms with E-state index in [1.807, 2.05) is 13.8 Å². The van der Waals surface area contributed by atoms with Crippen molar-refractivity contribution in [3.63, 3.8) is 0 Å². The zero-order chi connectivity index (χ0) is 8.95. The van der Waals surface area contributed by atoms with Gasteiger partial charge in [-0.2, -0.15) is 0 Å². The van der Waals surface area contributed by atoms with Crippen molar-refractivity contribution < 1.29 is 0 Å².